The molecule has 2 aromatic rings. The van der Waals surface area contributed by atoms with Crippen LogP contribution in [0.15, 0.2) is 60.7 Å². The van der Waals surface area contributed by atoms with Crippen LogP contribution in [-0.2, 0) is 16.1 Å². The molecule has 0 fully saturated rings. The third-order valence-corrected chi connectivity index (χ3v) is 4.14. The zero-order valence-electron chi connectivity index (χ0n) is 16.6. The van der Waals surface area contributed by atoms with E-state index in [4.69, 9.17) is 4.74 Å². The van der Waals surface area contributed by atoms with Gasteiger partial charge in [-0.15, -0.1) is 0 Å². The van der Waals surface area contributed by atoms with Gasteiger partial charge in [0.15, 0.2) is 0 Å². The third-order valence-electron chi connectivity index (χ3n) is 4.14. The van der Waals surface area contributed by atoms with Crippen molar-refractivity contribution in [1.29, 1.82) is 0 Å². The topological polar surface area (TPSA) is 58.6 Å². The van der Waals surface area contributed by atoms with Crippen LogP contribution in [0.25, 0.3) is 6.08 Å². The summed E-state index contributed by atoms with van der Waals surface area (Å²) in [4.78, 5) is 26.1. The van der Waals surface area contributed by atoms with E-state index in [1.165, 1.54) is 6.08 Å². The molecule has 0 spiro atoms. The number of carbonyl (C=O) groups is 2. The maximum Gasteiger partial charge on any atom is 0.244 e. The molecule has 0 saturated carbocycles. The summed E-state index contributed by atoms with van der Waals surface area (Å²) in [5.74, 6) is 0.410. The van der Waals surface area contributed by atoms with E-state index in [2.05, 4.69) is 12.2 Å². The fourth-order valence-electron chi connectivity index (χ4n) is 2.58. The highest BCUT2D eigenvalue weighted by Crippen LogP contribution is 2.13. The summed E-state index contributed by atoms with van der Waals surface area (Å²) in [6, 6.07) is 17.3. The molecule has 0 bridgehead atoms. The summed E-state index contributed by atoms with van der Waals surface area (Å²) in [6.07, 6.45) is 4.11. The molecule has 5 heteroatoms. The molecule has 0 aliphatic heterocycles. The lowest BCUT2D eigenvalue weighted by molar-refractivity contribution is -0.132. The van der Waals surface area contributed by atoms with Crippen molar-refractivity contribution in [2.24, 2.45) is 0 Å². The number of amides is 2. The first-order valence-electron chi connectivity index (χ1n) is 9.62. The Morgan fingerprint density at radius 2 is 1.75 bits per heavy atom. The van der Waals surface area contributed by atoms with Crippen LogP contribution in [0.5, 0.6) is 5.75 Å². The van der Waals surface area contributed by atoms with Gasteiger partial charge in [-0.2, -0.15) is 0 Å². The molecule has 0 aliphatic rings. The Kier molecular flexibility index (Phi) is 8.79. The standard InChI is InChI=1S/C23H28N2O3/c1-3-16-28-21-13-10-19(11-14-21)12-15-22(26)24-17-23(27)25(4-2)18-20-8-6-5-7-9-20/h5-15H,3-4,16-18H2,1-2H3,(H,24,26)/b15-12+. The SMILES string of the molecule is CCCOc1ccc(/C=C/C(=O)NCC(=O)N(CC)Cc2ccccc2)cc1. The van der Waals surface area contributed by atoms with Gasteiger partial charge in [0.1, 0.15) is 5.75 Å². The molecular weight excluding hydrogens is 352 g/mol. The number of hydrogen-bond donors (Lipinski definition) is 1. The zero-order valence-corrected chi connectivity index (χ0v) is 16.6. The molecule has 5 nitrogen and oxygen atoms in total. The van der Waals surface area contributed by atoms with Gasteiger partial charge in [-0.25, -0.2) is 0 Å². The van der Waals surface area contributed by atoms with Crippen LogP contribution < -0.4 is 10.1 Å². The lowest BCUT2D eigenvalue weighted by atomic mass is 10.2. The number of nitrogens with one attached hydrogen (secondary N) is 1. The molecule has 0 aliphatic carbocycles. The summed E-state index contributed by atoms with van der Waals surface area (Å²) in [6.45, 7) is 5.77. The van der Waals surface area contributed by atoms with Crippen molar-refractivity contribution in [3.63, 3.8) is 0 Å². The van der Waals surface area contributed by atoms with Crippen molar-refractivity contribution in [2.75, 3.05) is 19.7 Å². The van der Waals surface area contributed by atoms with E-state index in [-0.39, 0.29) is 18.4 Å². The molecule has 0 aromatic heterocycles. The average molecular weight is 380 g/mol. The largest absolute Gasteiger partial charge is 0.494 e. The highest BCUT2D eigenvalue weighted by Gasteiger charge is 2.12. The number of nitrogens with zero attached hydrogens (tertiary/aromatic N) is 1. The maximum atomic E-state index is 12.4. The Hall–Kier alpha value is -3.08. The van der Waals surface area contributed by atoms with Gasteiger partial charge < -0.3 is 15.0 Å². The molecule has 0 heterocycles. The molecule has 0 unspecified atom stereocenters. The first-order chi connectivity index (χ1) is 13.6. The van der Waals surface area contributed by atoms with Gasteiger partial charge in [-0.05, 0) is 42.7 Å². The van der Waals surface area contributed by atoms with E-state index < -0.39 is 0 Å². The van der Waals surface area contributed by atoms with Gasteiger partial charge in [0.2, 0.25) is 11.8 Å². The van der Waals surface area contributed by atoms with Gasteiger partial charge in [-0.1, -0.05) is 49.4 Å². The second-order valence-electron chi connectivity index (χ2n) is 6.36. The second kappa shape index (κ2) is 11.6. The van der Waals surface area contributed by atoms with Crippen LogP contribution in [0, 0.1) is 0 Å². The summed E-state index contributed by atoms with van der Waals surface area (Å²) >= 11 is 0. The van der Waals surface area contributed by atoms with Crippen LogP contribution in [-0.4, -0.2) is 36.4 Å². The molecule has 0 atom stereocenters. The molecule has 1 N–H and O–H groups in total. The minimum atomic E-state index is -0.296. The molecule has 148 valence electrons. The molecule has 0 radical (unpaired) electrons. The number of rotatable bonds is 10. The molecular formula is C23H28N2O3. The van der Waals surface area contributed by atoms with Crippen molar-refractivity contribution in [1.82, 2.24) is 10.2 Å². The maximum absolute atomic E-state index is 12.4. The van der Waals surface area contributed by atoms with E-state index in [1.807, 2.05) is 61.5 Å². The number of ether oxygens (including phenoxy) is 1. The van der Waals surface area contributed by atoms with Crippen LogP contribution in [0.4, 0.5) is 0 Å². The fourth-order valence-corrected chi connectivity index (χ4v) is 2.58. The highest BCUT2D eigenvalue weighted by molar-refractivity contribution is 5.94. The molecule has 2 aromatic carbocycles. The Labute approximate surface area is 167 Å². The van der Waals surface area contributed by atoms with Gasteiger partial charge in [-0.3, -0.25) is 9.59 Å². The Morgan fingerprint density at radius 1 is 1.04 bits per heavy atom. The first kappa shape index (κ1) is 21.2. The molecule has 2 amide bonds. The predicted molar refractivity (Wildman–Crippen MR) is 112 cm³/mol. The summed E-state index contributed by atoms with van der Waals surface area (Å²) in [7, 11) is 0. The molecule has 2 rings (SSSR count). The summed E-state index contributed by atoms with van der Waals surface area (Å²) < 4.78 is 5.53. The number of benzene rings is 2. The lowest BCUT2D eigenvalue weighted by Gasteiger charge is -2.21. The van der Waals surface area contributed by atoms with Crippen LogP contribution in [0.3, 0.4) is 0 Å². The van der Waals surface area contributed by atoms with E-state index in [0.717, 1.165) is 23.3 Å². The smallest absolute Gasteiger partial charge is 0.244 e. The van der Waals surface area contributed by atoms with Gasteiger partial charge in [0.05, 0.1) is 13.2 Å². The minimum Gasteiger partial charge on any atom is -0.494 e. The van der Waals surface area contributed by atoms with E-state index in [9.17, 15) is 9.59 Å². The zero-order chi connectivity index (χ0) is 20.2. The quantitative estimate of drug-likeness (QED) is 0.640. The first-order valence-corrected chi connectivity index (χ1v) is 9.62. The fraction of sp³-hybridized carbons (Fsp3) is 0.304. The molecule has 0 saturated heterocycles. The van der Waals surface area contributed by atoms with Crippen molar-refractivity contribution >= 4 is 17.9 Å². The van der Waals surface area contributed by atoms with Crippen molar-refractivity contribution in [3.05, 3.63) is 71.8 Å². The third kappa shape index (κ3) is 7.27. The summed E-state index contributed by atoms with van der Waals surface area (Å²) in [5.41, 5.74) is 1.96. The number of carbonyl (C=O) groups excluding carboxylic acids is 2. The number of hydrogen-bond acceptors (Lipinski definition) is 3. The number of likely N-dealkylation sites (N-methyl/N-ethyl adjacent to an activating group) is 1. The predicted octanol–water partition coefficient (Wildman–Crippen LogP) is 3.65. The monoisotopic (exact) mass is 380 g/mol. The van der Waals surface area contributed by atoms with Gasteiger partial charge in [0, 0.05) is 19.2 Å². The Balaban J connectivity index is 1.80. The van der Waals surface area contributed by atoms with Crippen LogP contribution in [0.1, 0.15) is 31.4 Å². The normalized spacial score (nSPS) is 10.6. The highest BCUT2D eigenvalue weighted by atomic mass is 16.5. The van der Waals surface area contributed by atoms with E-state index in [0.29, 0.717) is 19.7 Å². The van der Waals surface area contributed by atoms with Crippen LogP contribution >= 0.6 is 0 Å². The molecule has 28 heavy (non-hydrogen) atoms. The van der Waals surface area contributed by atoms with E-state index >= 15 is 0 Å². The Bertz CT molecular complexity index is 770. The Morgan fingerprint density at radius 3 is 2.39 bits per heavy atom. The average Bonchev–Trinajstić information content (AvgIpc) is 2.74. The minimum absolute atomic E-state index is 0.0202. The van der Waals surface area contributed by atoms with Crippen molar-refractivity contribution in [3.8, 4) is 5.75 Å². The lowest BCUT2D eigenvalue weighted by Crippen LogP contribution is -2.39. The van der Waals surface area contributed by atoms with Gasteiger partial charge >= 0.3 is 0 Å². The van der Waals surface area contributed by atoms with Crippen molar-refractivity contribution < 1.29 is 14.3 Å². The second-order valence-corrected chi connectivity index (χ2v) is 6.36. The summed E-state index contributed by atoms with van der Waals surface area (Å²) in [5, 5.41) is 2.65. The van der Waals surface area contributed by atoms with Crippen LogP contribution in [0.2, 0.25) is 0 Å². The van der Waals surface area contributed by atoms with Gasteiger partial charge in [0.25, 0.3) is 0 Å². The van der Waals surface area contributed by atoms with Crippen molar-refractivity contribution in [2.45, 2.75) is 26.8 Å². The van der Waals surface area contributed by atoms with E-state index in [1.54, 1.807) is 11.0 Å².